The molecule has 0 spiro atoms. The van der Waals surface area contributed by atoms with Gasteiger partial charge in [0.05, 0.1) is 5.57 Å². The first-order chi connectivity index (χ1) is 11.1. The van der Waals surface area contributed by atoms with E-state index in [2.05, 4.69) is 4.98 Å². The molecule has 1 aromatic heterocycles. The largest absolute Gasteiger partial charge is 0.431 e. The van der Waals surface area contributed by atoms with Crippen molar-refractivity contribution in [3.63, 3.8) is 0 Å². The van der Waals surface area contributed by atoms with E-state index in [1.54, 1.807) is 19.1 Å². The van der Waals surface area contributed by atoms with Gasteiger partial charge in [-0.3, -0.25) is 0 Å². The normalized spacial score (nSPS) is 22.0. The summed E-state index contributed by atoms with van der Waals surface area (Å²) < 4.78 is 76.4. The monoisotopic (exact) mass is 345 g/mol. The topological polar surface area (TPSA) is 15.8 Å². The molecule has 1 N–H and O–H groups in total. The number of alkyl halides is 6. The van der Waals surface area contributed by atoms with Gasteiger partial charge in [-0.2, -0.15) is 26.3 Å². The fourth-order valence-corrected chi connectivity index (χ4v) is 2.94. The molecule has 7 heteroatoms. The van der Waals surface area contributed by atoms with Gasteiger partial charge < -0.3 is 4.98 Å². The third-order valence-corrected chi connectivity index (χ3v) is 4.15. The molecule has 2 atom stereocenters. The quantitative estimate of drug-likeness (QED) is 0.613. The maximum atomic E-state index is 12.7. The predicted octanol–water partition coefficient (Wildman–Crippen LogP) is 5.96. The molecule has 0 radical (unpaired) electrons. The van der Waals surface area contributed by atoms with Gasteiger partial charge in [0.15, 0.2) is 0 Å². The van der Waals surface area contributed by atoms with Crippen LogP contribution in [0, 0.1) is 5.92 Å². The Hall–Kier alpha value is -2.18. The highest BCUT2D eigenvalue weighted by Crippen LogP contribution is 2.39. The molecule has 1 aromatic carbocycles. The fourth-order valence-electron chi connectivity index (χ4n) is 2.94. The second-order valence-corrected chi connectivity index (χ2v) is 5.89. The Morgan fingerprint density at radius 1 is 0.958 bits per heavy atom. The zero-order chi connectivity index (χ0) is 17.7. The smallest absolute Gasteiger partial charge is 0.351 e. The Kier molecular flexibility index (Phi) is 3.77. The molecule has 1 aliphatic carbocycles. The van der Waals surface area contributed by atoms with Crippen LogP contribution in [0.3, 0.4) is 0 Å². The van der Waals surface area contributed by atoms with E-state index in [1.165, 1.54) is 12.1 Å². The molecule has 1 aliphatic rings. The molecule has 0 aliphatic heterocycles. The van der Waals surface area contributed by atoms with Gasteiger partial charge >= 0.3 is 12.4 Å². The molecule has 1 heterocycles. The Labute approximate surface area is 133 Å². The SMILES string of the molecule is CC1C=C(C(F)(F)F)C=C[C@@H]1c1ccc2[nH]c(C(F)(F)F)cc2c1. The molecular formula is C17H13F6N. The van der Waals surface area contributed by atoms with Crippen LogP contribution in [0.5, 0.6) is 0 Å². The van der Waals surface area contributed by atoms with Crippen molar-refractivity contribution in [3.8, 4) is 0 Å². The highest BCUT2D eigenvalue weighted by atomic mass is 19.4. The average Bonchev–Trinajstić information content (AvgIpc) is 2.89. The Balaban J connectivity index is 1.94. The lowest BCUT2D eigenvalue weighted by Gasteiger charge is -2.24. The summed E-state index contributed by atoms with van der Waals surface area (Å²) in [4.78, 5) is 2.30. The summed E-state index contributed by atoms with van der Waals surface area (Å²) in [6.45, 7) is 1.66. The first kappa shape index (κ1) is 16.7. The molecule has 3 rings (SSSR count). The van der Waals surface area contributed by atoms with Gasteiger partial charge in [0.1, 0.15) is 5.69 Å². The number of halogens is 6. The van der Waals surface area contributed by atoms with Crippen molar-refractivity contribution in [2.75, 3.05) is 0 Å². The number of benzene rings is 1. The van der Waals surface area contributed by atoms with Crippen LogP contribution in [0.25, 0.3) is 10.9 Å². The van der Waals surface area contributed by atoms with Crippen molar-refractivity contribution in [2.45, 2.75) is 25.2 Å². The number of fused-ring (bicyclic) bond motifs is 1. The van der Waals surface area contributed by atoms with Crippen molar-refractivity contribution in [3.05, 3.63) is 59.3 Å². The minimum Gasteiger partial charge on any atom is -0.351 e. The van der Waals surface area contributed by atoms with Crippen LogP contribution in [0.15, 0.2) is 48.1 Å². The van der Waals surface area contributed by atoms with Crippen molar-refractivity contribution in [2.24, 2.45) is 5.92 Å². The lowest BCUT2D eigenvalue weighted by molar-refractivity contribution is -0.140. The van der Waals surface area contributed by atoms with E-state index in [0.717, 1.165) is 18.2 Å². The first-order valence-electron chi connectivity index (χ1n) is 7.23. The van der Waals surface area contributed by atoms with Gasteiger partial charge in [-0.15, -0.1) is 0 Å². The van der Waals surface area contributed by atoms with Crippen molar-refractivity contribution < 1.29 is 26.3 Å². The molecular weight excluding hydrogens is 332 g/mol. The van der Waals surface area contributed by atoms with Crippen LogP contribution in [0.1, 0.15) is 24.1 Å². The second-order valence-electron chi connectivity index (χ2n) is 5.89. The molecule has 0 saturated heterocycles. The van der Waals surface area contributed by atoms with Crippen LogP contribution in [0.2, 0.25) is 0 Å². The molecule has 0 fully saturated rings. The number of aromatic amines is 1. The zero-order valence-corrected chi connectivity index (χ0v) is 12.5. The van der Waals surface area contributed by atoms with E-state index in [4.69, 9.17) is 0 Å². The summed E-state index contributed by atoms with van der Waals surface area (Å²) in [5.41, 5.74) is -0.532. The van der Waals surface area contributed by atoms with Gasteiger partial charge in [0.25, 0.3) is 0 Å². The summed E-state index contributed by atoms with van der Waals surface area (Å²) in [7, 11) is 0. The maximum Gasteiger partial charge on any atom is 0.431 e. The van der Waals surface area contributed by atoms with Crippen LogP contribution >= 0.6 is 0 Å². The van der Waals surface area contributed by atoms with Gasteiger partial charge in [0.2, 0.25) is 0 Å². The summed E-state index contributed by atoms with van der Waals surface area (Å²) in [6.07, 6.45) is -5.25. The van der Waals surface area contributed by atoms with Crippen LogP contribution in [0.4, 0.5) is 26.3 Å². The standard InChI is InChI=1S/C17H13F6N/c1-9-6-12(16(18,19)20)3-4-13(9)10-2-5-14-11(7-10)8-15(24-14)17(21,22)23/h2-9,13,24H,1H3/t9?,13-/m0/s1. The number of hydrogen-bond acceptors (Lipinski definition) is 0. The predicted molar refractivity (Wildman–Crippen MR) is 78.5 cm³/mol. The van der Waals surface area contributed by atoms with Crippen molar-refractivity contribution in [1.82, 2.24) is 4.98 Å². The number of aromatic nitrogens is 1. The van der Waals surface area contributed by atoms with E-state index in [1.807, 2.05) is 0 Å². The third-order valence-electron chi connectivity index (χ3n) is 4.15. The molecule has 24 heavy (non-hydrogen) atoms. The molecule has 1 unspecified atom stereocenters. The number of allylic oxidation sites excluding steroid dienone is 4. The molecule has 2 aromatic rings. The summed E-state index contributed by atoms with van der Waals surface area (Å²) in [5, 5.41) is 0.381. The summed E-state index contributed by atoms with van der Waals surface area (Å²) in [5.74, 6) is -0.727. The molecule has 0 amide bonds. The highest BCUT2D eigenvalue weighted by molar-refractivity contribution is 5.81. The minimum absolute atomic E-state index is 0.315. The number of hydrogen-bond donors (Lipinski definition) is 1. The third kappa shape index (κ3) is 3.07. The van der Waals surface area contributed by atoms with Crippen LogP contribution < -0.4 is 0 Å². The van der Waals surface area contributed by atoms with Crippen molar-refractivity contribution >= 4 is 10.9 Å². The van der Waals surface area contributed by atoms with E-state index in [9.17, 15) is 26.3 Å². The number of rotatable bonds is 1. The molecule has 1 nitrogen and oxygen atoms in total. The minimum atomic E-state index is -4.47. The zero-order valence-electron chi connectivity index (χ0n) is 12.5. The average molecular weight is 345 g/mol. The lowest BCUT2D eigenvalue weighted by Crippen LogP contribution is -2.17. The second kappa shape index (κ2) is 5.43. The molecule has 0 bridgehead atoms. The summed E-state index contributed by atoms with van der Waals surface area (Å²) in [6, 6.07) is 5.74. The fraction of sp³-hybridized carbons (Fsp3) is 0.294. The molecule has 128 valence electrons. The van der Waals surface area contributed by atoms with E-state index in [0.29, 0.717) is 16.5 Å². The number of H-pyrrole nitrogens is 1. The maximum absolute atomic E-state index is 12.7. The lowest BCUT2D eigenvalue weighted by atomic mass is 9.82. The number of nitrogens with one attached hydrogen (secondary N) is 1. The van der Waals surface area contributed by atoms with E-state index in [-0.39, 0.29) is 5.92 Å². The molecule has 0 saturated carbocycles. The van der Waals surface area contributed by atoms with Gasteiger partial charge in [0, 0.05) is 16.8 Å². The van der Waals surface area contributed by atoms with Crippen molar-refractivity contribution in [1.29, 1.82) is 0 Å². The van der Waals surface area contributed by atoms with Gasteiger partial charge in [-0.05, 0) is 29.7 Å². The summed E-state index contributed by atoms with van der Waals surface area (Å²) >= 11 is 0. The Morgan fingerprint density at radius 2 is 1.67 bits per heavy atom. The van der Waals surface area contributed by atoms with Crippen LogP contribution in [-0.2, 0) is 6.18 Å². The van der Waals surface area contributed by atoms with E-state index >= 15 is 0 Å². The Morgan fingerprint density at radius 3 is 2.25 bits per heavy atom. The first-order valence-corrected chi connectivity index (χ1v) is 7.23. The van der Waals surface area contributed by atoms with Gasteiger partial charge in [-0.25, -0.2) is 0 Å². The Bertz CT molecular complexity index is 822. The highest BCUT2D eigenvalue weighted by Gasteiger charge is 2.35. The van der Waals surface area contributed by atoms with Crippen LogP contribution in [-0.4, -0.2) is 11.2 Å². The van der Waals surface area contributed by atoms with E-state index < -0.39 is 29.5 Å². The van der Waals surface area contributed by atoms with Gasteiger partial charge in [-0.1, -0.05) is 31.2 Å².